The van der Waals surface area contributed by atoms with Crippen molar-refractivity contribution in [1.29, 1.82) is 5.41 Å². The Bertz CT molecular complexity index is 464. The maximum Gasteiger partial charge on any atom is 0.179 e. The van der Waals surface area contributed by atoms with E-state index in [0.29, 0.717) is 5.56 Å². The van der Waals surface area contributed by atoms with Crippen LogP contribution in [0, 0.1) is 10.6 Å². The molecule has 1 aromatic rings. The Kier molecular flexibility index (Phi) is 2.72. The average molecular weight is 214 g/mol. The van der Waals surface area contributed by atoms with Gasteiger partial charge in [-0.05, 0) is 12.2 Å². The van der Waals surface area contributed by atoms with Gasteiger partial charge < -0.3 is 5.21 Å². The van der Waals surface area contributed by atoms with Crippen molar-refractivity contribution in [2.75, 3.05) is 0 Å². The molecule has 0 aromatic heterocycles. The van der Waals surface area contributed by atoms with Crippen LogP contribution in [0.5, 0.6) is 0 Å². The van der Waals surface area contributed by atoms with Gasteiger partial charge in [-0.1, -0.05) is 35.4 Å². The highest BCUT2D eigenvalue weighted by atomic mass is 16.6. The van der Waals surface area contributed by atoms with Gasteiger partial charge in [-0.25, -0.2) is 0 Å². The fourth-order valence-corrected chi connectivity index (χ4v) is 1.22. The number of amidine groups is 1. The fourth-order valence-electron chi connectivity index (χ4n) is 1.22. The summed E-state index contributed by atoms with van der Waals surface area (Å²) in [5.41, 5.74) is 0.630. The SMILES string of the molecule is N=C(N=N[N+]1([O-])C=CC=C1)c1ccccc1. The third kappa shape index (κ3) is 2.28. The van der Waals surface area contributed by atoms with Gasteiger partial charge in [-0.2, -0.15) is 4.76 Å². The van der Waals surface area contributed by atoms with Crippen LogP contribution in [0.4, 0.5) is 0 Å². The van der Waals surface area contributed by atoms with Crippen LogP contribution < -0.4 is 0 Å². The number of nitrogens with one attached hydrogen (secondary N) is 1. The molecule has 0 amide bonds. The summed E-state index contributed by atoms with van der Waals surface area (Å²) < 4.78 is -0.991. The summed E-state index contributed by atoms with van der Waals surface area (Å²) >= 11 is 0. The van der Waals surface area contributed by atoms with Gasteiger partial charge in [0.2, 0.25) is 0 Å². The largest absolute Gasteiger partial charge is 0.594 e. The number of hydrogen-bond donors (Lipinski definition) is 1. The number of hydroxylamine groups is 2. The first-order valence-electron chi connectivity index (χ1n) is 4.73. The zero-order chi connectivity index (χ0) is 11.4. The van der Waals surface area contributed by atoms with Crippen molar-refractivity contribution >= 4 is 5.84 Å². The summed E-state index contributed by atoms with van der Waals surface area (Å²) in [7, 11) is 0. The molecule has 1 aromatic carbocycles. The number of allylic oxidation sites excluding steroid dienone is 2. The van der Waals surface area contributed by atoms with E-state index >= 15 is 0 Å². The lowest BCUT2D eigenvalue weighted by Gasteiger charge is -2.21. The van der Waals surface area contributed by atoms with E-state index in [-0.39, 0.29) is 5.84 Å². The van der Waals surface area contributed by atoms with Crippen LogP contribution in [0.3, 0.4) is 0 Å². The Morgan fingerprint density at radius 3 is 2.38 bits per heavy atom. The molecule has 0 unspecified atom stereocenters. The lowest BCUT2D eigenvalue weighted by molar-refractivity contribution is -0.784. The highest BCUT2D eigenvalue weighted by Gasteiger charge is 2.12. The highest BCUT2D eigenvalue weighted by molar-refractivity contribution is 5.96. The molecule has 1 aliphatic heterocycles. The first-order valence-corrected chi connectivity index (χ1v) is 4.73. The van der Waals surface area contributed by atoms with Crippen LogP contribution in [0.1, 0.15) is 5.56 Å². The molecule has 1 heterocycles. The lowest BCUT2D eigenvalue weighted by atomic mass is 10.2. The lowest BCUT2D eigenvalue weighted by Crippen LogP contribution is -2.19. The number of benzene rings is 1. The summed E-state index contributed by atoms with van der Waals surface area (Å²) in [5, 5.41) is 26.4. The summed E-state index contributed by atoms with van der Waals surface area (Å²) in [6.45, 7) is 0. The van der Waals surface area contributed by atoms with Crippen LogP contribution >= 0.6 is 0 Å². The zero-order valence-corrected chi connectivity index (χ0v) is 8.45. The van der Waals surface area contributed by atoms with Crippen LogP contribution in [0.15, 0.2) is 65.2 Å². The molecule has 0 spiro atoms. The highest BCUT2D eigenvalue weighted by Crippen LogP contribution is 2.15. The van der Waals surface area contributed by atoms with Gasteiger partial charge in [0.1, 0.15) is 12.4 Å². The first-order chi connectivity index (χ1) is 7.70. The number of hydrogen-bond acceptors (Lipinski definition) is 3. The molecular weight excluding hydrogens is 204 g/mol. The zero-order valence-electron chi connectivity index (χ0n) is 8.45. The minimum atomic E-state index is -0.991. The summed E-state index contributed by atoms with van der Waals surface area (Å²) in [6, 6.07) is 8.94. The standard InChI is InChI=1S/C11H10N4O/c12-11(10-6-2-1-3-7-10)13-14-15(16)8-4-5-9-15/h1-9,12H. The molecule has 0 fully saturated rings. The van der Waals surface area contributed by atoms with Gasteiger partial charge in [0.25, 0.3) is 0 Å². The molecule has 0 bridgehead atoms. The smallest absolute Gasteiger partial charge is 0.179 e. The molecule has 1 N–H and O–H groups in total. The van der Waals surface area contributed by atoms with Gasteiger partial charge in [0, 0.05) is 10.8 Å². The first kappa shape index (κ1) is 10.4. The van der Waals surface area contributed by atoms with Crippen molar-refractivity contribution in [3.05, 3.63) is 65.7 Å². The summed E-state index contributed by atoms with van der Waals surface area (Å²) in [6.07, 6.45) is 5.86. The Morgan fingerprint density at radius 2 is 1.75 bits per heavy atom. The average Bonchev–Trinajstić information content (AvgIpc) is 2.75. The predicted molar refractivity (Wildman–Crippen MR) is 60.0 cm³/mol. The minimum absolute atomic E-state index is 0.0253. The molecule has 0 atom stereocenters. The predicted octanol–water partition coefficient (Wildman–Crippen LogP) is 2.73. The van der Waals surface area contributed by atoms with Crippen molar-refractivity contribution in [2.24, 2.45) is 10.3 Å². The van der Waals surface area contributed by atoms with E-state index in [1.54, 1.807) is 36.4 Å². The second-order valence-corrected chi connectivity index (χ2v) is 3.26. The molecule has 0 saturated heterocycles. The van der Waals surface area contributed by atoms with Crippen LogP contribution in [-0.4, -0.2) is 10.6 Å². The molecule has 0 saturated carbocycles. The second-order valence-electron chi connectivity index (χ2n) is 3.26. The Morgan fingerprint density at radius 1 is 1.12 bits per heavy atom. The van der Waals surface area contributed by atoms with Crippen molar-refractivity contribution in [3.8, 4) is 0 Å². The molecular formula is C11H10N4O. The van der Waals surface area contributed by atoms with E-state index in [9.17, 15) is 5.21 Å². The van der Waals surface area contributed by atoms with Crippen molar-refractivity contribution in [2.45, 2.75) is 0 Å². The summed E-state index contributed by atoms with van der Waals surface area (Å²) in [4.78, 5) is 0. The van der Waals surface area contributed by atoms with Gasteiger partial charge in [-0.3, -0.25) is 5.41 Å². The quantitative estimate of drug-likeness (QED) is 0.265. The van der Waals surface area contributed by atoms with E-state index in [1.165, 1.54) is 12.4 Å². The number of rotatable bonds is 2. The van der Waals surface area contributed by atoms with Crippen molar-refractivity contribution in [3.63, 3.8) is 0 Å². The molecule has 16 heavy (non-hydrogen) atoms. The number of nitrogens with zero attached hydrogens (tertiary/aromatic N) is 3. The summed E-state index contributed by atoms with van der Waals surface area (Å²) in [5.74, 6) is -0.0253. The fraction of sp³-hybridized carbons (Fsp3) is 0. The molecule has 0 radical (unpaired) electrons. The third-order valence-corrected chi connectivity index (χ3v) is 2.04. The molecule has 2 rings (SSSR count). The van der Waals surface area contributed by atoms with Gasteiger partial charge in [0.05, 0.1) is 0 Å². The van der Waals surface area contributed by atoms with E-state index < -0.39 is 4.76 Å². The normalized spacial score (nSPS) is 17.1. The van der Waals surface area contributed by atoms with Gasteiger partial charge in [-0.15, -0.1) is 0 Å². The third-order valence-electron chi connectivity index (χ3n) is 2.04. The van der Waals surface area contributed by atoms with Crippen molar-refractivity contribution in [1.82, 2.24) is 0 Å². The Balaban J connectivity index is 2.11. The molecule has 5 heteroatoms. The van der Waals surface area contributed by atoms with Crippen LogP contribution in [0.25, 0.3) is 0 Å². The Hall–Kier alpha value is -2.11. The molecule has 0 aliphatic carbocycles. The van der Waals surface area contributed by atoms with Gasteiger partial charge >= 0.3 is 0 Å². The maximum absolute atomic E-state index is 11.6. The maximum atomic E-state index is 11.6. The Labute approximate surface area is 92.7 Å². The minimum Gasteiger partial charge on any atom is -0.594 e. The topological polar surface area (TPSA) is 71.6 Å². The van der Waals surface area contributed by atoms with Crippen molar-refractivity contribution < 1.29 is 4.76 Å². The van der Waals surface area contributed by atoms with E-state index in [1.807, 2.05) is 6.07 Å². The monoisotopic (exact) mass is 214 g/mol. The van der Waals surface area contributed by atoms with Crippen LogP contribution in [-0.2, 0) is 0 Å². The van der Waals surface area contributed by atoms with Gasteiger partial charge in [0.15, 0.2) is 5.84 Å². The van der Waals surface area contributed by atoms with E-state index in [4.69, 9.17) is 5.41 Å². The molecule has 1 aliphatic rings. The second kappa shape index (κ2) is 4.18. The number of quaternary nitrogens is 1. The van der Waals surface area contributed by atoms with E-state index in [0.717, 1.165) is 0 Å². The van der Waals surface area contributed by atoms with E-state index in [2.05, 4.69) is 10.3 Å². The molecule has 5 nitrogen and oxygen atoms in total. The van der Waals surface area contributed by atoms with Crippen LogP contribution in [0.2, 0.25) is 0 Å². The molecule has 80 valence electrons.